The van der Waals surface area contributed by atoms with Gasteiger partial charge in [0.05, 0.1) is 19.3 Å². The van der Waals surface area contributed by atoms with Crippen molar-refractivity contribution in [3.63, 3.8) is 0 Å². The van der Waals surface area contributed by atoms with Gasteiger partial charge in [-0.05, 0) is 69.3 Å². The number of carbonyl (C=O) groups excluding carboxylic acids is 1. The lowest BCUT2D eigenvalue weighted by molar-refractivity contribution is -0.123. The lowest BCUT2D eigenvalue weighted by Crippen LogP contribution is -2.47. The summed E-state index contributed by atoms with van der Waals surface area (Å²) >= 11 is 0. The fourth-order valence-electron chi connectivity index (χ4n) is 3.87. The Balaban J connectivity index is 1.26. The molecule has 1 N–H and O–H groups in total. The number of benzene rings is 2. The number of hydrogen-bond donors (Lipinski definition) is 1. The van der Waals surface area contributed by atoms with E-state index in [0.717, 1.165) is 43.1 Å². The summed E-state index contributed by atoms with van der Waals surface area (Å²) in [5.41, 5.74) is 0.768. The van der Waals surface area contributed by atoms with Crippen molar-refractivity contribution in [3.8, 4) is 11.5 Å². The normalized spacial score (nSPS) is 19.8. The van der Waals surface area contributed by atoms with Crippen LogP contribution in [0.25, 0.3) is 0 Å². The first-order valence-corrected chi connectivity index (χ1v) is 10.3. The molecule has 4 rings (SSSR count). The lowest BCUT2D eigenvalue weighted by Gasteiger charge is -2.36. The van der Waals surface area contributed by atoms with E-state index in [1.807, 2.05) is 61.5 Å². The number of rotatable bonds is 6. The van der Waals surface area contributed by atoms with Gasteiger partial charge in [-0.2, -0.15) is 0 Å². The molecule has 2 heterocycles. The maximum Gasteiger partial charge on any atom is 0.241 e. The van der Waals surface area contributed by atoms with Gasteiger partial charge in [-0.3, -0.25) is 9.69 Å². The van der Waals surface area contributed by atoms with E-state index in [0.29, 0.717) is 19.1 Å². The second kappa shape index (κ2) is 9.39. The molecule has 0 aliphatic carbocycles. The van der Waals surface area contributed by atoms with Crippen molar-refractivity contribution in [1.82, 2.24) is 4.90 Å². The van der Waals surface area contributed by atoms with Crippen molar-refractivity contribution in [2.24, 2.45) is 5.92 Å². The molecule has 6 nitrogen and oxygen atoms in total. The molecule has 0 aromatic heterocycles. The Morgan fingerprint density at radius 3 is 2.28 bits per heavy atom. The van der Waals surface area contributed by atoms with Gasteiger partial charge in [-0.25, -0.2) is 0 Å². The molecule has 0 saturated carbocycles. The van der Waals surface area contributed by atoms with Gasteiger partial charge in [-0.1, -0.05) is 18.2 Å². The summed E-state index contributed by atoms with van der Waals surface area (Å²) < 4.78 is 17.1. The van der Waals surface area contributed by atoms with Gasteiger partial charge in [-0.15, -0.1) is 0 Å². The van der Waals surface area contributed by atoms with Crippen LogP contribution < -0.4 is 10.1 Å². The van der Waals surface area contributed by atoms with Gasteiger partial charge in [0.15, 0.2) is 6.29 Å². The molecule has 1 unspecified atom stereocenters. The van der Waals surface area contributed by atoms with Crippen LogP contribution in [0.5, 0.6) is 11.5 Å². The first-order valence-electron chi connectivity index (χ1n) is 10.3. The van der Waals surface area contributed by atoms with Crippen LogP contribution in [0.4, 0.5) is 5.69 Å². The monoisotopic (exact) mass is 396 g/mol. The number of amides is 1. The SMILES string of the molecule is CC(C(=O)Nc1ccc(Oc2ccccc2)cc1)N1CCC(C2OCCO2)CC1. The average molecular weight is 396 g/mol. The van der Waals surface area contributed by atoms with Crippen LogP contribution in [-0.4, -0.2) is 49.4 Å². The van der Waals surface area contributed by atoms with E-state index < -0.39 is 0 Å². The van der Waals surface area contributed by atoms with Crippen molar-refractivity contribution in [1.29, 1.82) is 0 Å². The van der Waals surface area contributed by atoms with Crippen LogP contribution in [0.15, 0.2) is 54.6 Å². The number of para-hydroxylation sites is 1. The van der Waals surface area contributed by atoms with E-state index in [1.54, 1.807) is 0 Å². The molecule has 2 saturated heterocycles. The maximum absolute atomic E-state index is 12.7. The van der Waals surface area contributed by atoms with E-state index in [4.69, 9.17) is 14.2 Å². The van der Waals surface area contributed by atoms with Crippen molar-refractivity contribution in [2.75, 3.05) is 31.6 Å². The number of nitrogens with zero attached hydrogens (tertiary/aromatic N) is 1. The van der Waals surface area contributed by atoms with E-state index in [2.05, 4.69) is 10.2 Å². The average Bonchev–Trinajstić information content (AvgIpc) is 3.30. The largest absolute Gasteiger partial charge is 0.457 e. The van der Waals surface area contributed by atoms with Crippen molar-refractivity contribution in [2.45, 2.75) is 32.1 Å². The predicted octanol–water partition coefficient (Wildman–Crippen LogP) is 3.89. The summed E-state index contributed by atoms with van der Waals surface area (Å²) in [5, 5.41) is 3.01. The summed E-state index contributed by atoms with van der Waals surface area (Å²) in [6.45, 7) is 5.11. The molecule has 0 radical (unpaired) electrons. The molecule has 154 valence electrons. The molecule has 6 heteroatoms. The molecule has 2 aromatic rings. The minimum absolute atomic E-state index is 0.00791. The van der Waals surface area contributed by atoms with Crippen molar-refractivity contribution < 1.29 is 19.0 Å². The van der Waals surface area contributed by atoms with Crippen LogP contribution in [0.3, 0.4) is 0 Å². The third-order valence-corrected chi connectivity index (χ3v) is 5.63. The third-order valence-electron chi connectivity index (χ3n) is 5.63. The Morgan fingerprint density at radius 2 is 1.62 bits per heavy atom. The summed E-state index contributed by atoms with van der Waals surface area (Å²) in [5.74, 6) is 1.96. The number of anilines is 1. The Bertz CT molecular complexity index is 782. The molecule has 0 spiro atoms. The summed E-state index contributed by atoms with van der Waals surface area (Å²) in [7, 11) is 0. The van der Waals surface area contributed by atoms with Crippen molar-refractivity contribution >= 4 is 11.6 Å². The molecule has 1 amide bonds. The number of ether oxygens (including phenoxy) is 3. The van der Waals surface area contributed by atoms with Gasteiger partial charge < -0.3 is 19.5 Å². The lowest BCUT2D eigenvalue weighted by atomic mass is 9.95. The molecular formula is C23H28N2O4. The number of carbonyl (C=O) groups is 1. The number of likely N-dealkylation sites (tertiary alicyclic amines) is 1. The molecule has 29 heavy (non-hydrogen) atoms. The van der Waals surface area contributed by atoms with Gasteiger partial charge in [0.25, 0.3) is 0 Å². The first-order chi connectivity index (χ1) is 14.2. The van der Waals surface area contributed by atoms with Gasteiger partial charge in [0, 0.05) is 11.6 Å². The van der Waals surface area contributed by atoms with Crippen molar-refractivity contribution in [3.05, 3.63) is 54.6 Å². The zero-order valence-corrected chi connectivity index (χ0v) is 16.8. The highest BCUT2D eigenvalue weighted by Crippen LogP contribution is 2.27. The fraction of sp³-hybridized carbons (Fsp3) is 0.435. The zero-order valence-electron chi connectivity index (χ0n) is 16.8. The number of piperidine rings is 1. The first kappa shape index (κ1) is 19.9. The summed E-state index contributed by atoms with van der Waals surface area (Å²) in [6.07, 6.45) is 1.93. The molecule has 2 aliphatic rings. The molecule has 0 bridgehead atoms. The minimum atomic E-state index is -0.179. The van der Waals surface area contributed by atoms with E-state index in [-0.39, 0.29) is 18.2 Å². The fourth-order valence-corrected chi connectivity index (χ4v) is 3.87. The van der Waals surface area contributed by atoms with Crippen LogP contribution in [0.1, 0.15) is 19.8 Å². The number of nitrogens with one attached hydrogen (secondary N) is 1. The van der Waals surface area contributed by atoms with Crippen LogP contribution in [-0.2, 0) is 14.3 Å². The second-order valence-corrected chi connectivity index (χ2v) is 7.59. The van der Waals surface area contributed by atoms with Gasteiger partial charge >= 0.3 is 0 Å². The highest BCUT2D eigenvalue weighted by Gasteiger charge is 2.33. The molecule has 2 aliphatic heterocycles. The van der Waals surface area contributed by atoms with E-state index in [1.165, 1.54) is 0 Å². The Kier molecular flexibility index (Phi) is 6.44. The van der Waals surface area contributed by atoms with Crippen LogP contribution in [0.2, 0.25) is 0 Å². The third kappa shape index (κ3) is 5.15. The smallest absolute Gasteiger partial charge is 0.241 e. The highest BCUT2D eigenvalue weighted by atomic mass is 16.7. The van der Waals surface area contributed by atoms with Gasteiger partial charge in [0.2, 0.25) is 5.91 Å². The maximum atomic E-state index is 12.7. The van der Waals surface area contributed by atoms with E-state index >= 15 is 0 Å². The number of hydrogen-bond acceptors (Lipinski definition) is 5. The Morgan fingerprint density at radius 1 is 1.00 bits per heavy atom. The molecular weight excluding hydrogens is 368 g/mol. The van der Waals surface area contributed by atoms with Crippen LogP contribution >= 0.6 is 0 Å². The highest BCUT2D eigenvalue weighted by molar-refractivity contribution is 5.94. The van der Waals surface area contributed by atoms with E-state index in [9.17, 15) is 4.79 Å². The minimum Gasteiger partial charge on any atom is -0.457 e. The molecule has 1 atom stereocenters. The van der Waals surface area contributed by atoms with Gasteiger partial charge in [0.1, 0.15) is 11.5 Å². The Hall–Kier alpha value is -2.41. The zero-order chi connectivity index (χ0) is 20.1. The molecule has 2 fully saturated rings. The second-order valence-electron chi connectivity index (χ2n) is 7.59. The Labute approximate surface area is 171 Å². The summed E-state index contributed by atoms with van der Waals surface area (Å²) in [4.78, 5) is 14.9. The quantitative estimate of drug-likeness (QED) is 0.803. The predicted molar refractivity (Wildman–Crippen MR) is 111 cm³/mol. The summed E-state index contributed by atoms with van der Waals surface area (Å²) in [6, 6.07) is 16.9. The van der Waals surface area contributed by atoms with Crippen LogP contribution in [0, 0.1) is 5.92 Å². The topological polar surface area (TPSA) is 60.0 Å². The molecule has 2 aromatic carbocycles. The standard InChI is InChI=1S/C23H28N2O4/c1-17(25-13-11-18(12-14-25)23-27-15-16-28-23)22(26)24-19-7-9-21(10-8-19)29-20-5-3-2-4-6-20/h2-10,17-18,23H,11-16H2,1H3,(H,24,26).